The van der Waals surface area contributed by atoms with E-state index in [1.54, 1.807) is 6.08 Å². The Balaban J connectivity index is 2.17. The highest BCUT2D eigenvalue weighted by Gasteiger charge is 2.55. The standard InChI is InChI=1S/C7H7NO/c8-3-5-4-1-2-6(9)7(4)5/h1-2,4-7,9H/t4-,5+,6+,7-/m0/s1. The highest BCUT2D eigenvalue weighted by molar-refractivity contribution is 5.26. The van der Waals surface area contributed by atoms with Crippen LogP contribution >= 0.6 is 0 Å². The second-order valence-corrected chi connectivity index (χ2v) is 2.69. The molecule has 0 spiro atoms. The lowest BCUT2D eigenvalue weighted by Gasteiger charge is -1.95. The maximum Gasteiger partial charge on any atom is 0.0768 e. The zero-order valence-corrected chi connectivity index (χ0v) is 4.86. The fraction of sp³-hybridized carbons (Fsp3) is 0.571. The van der Waals surface area contributed by atoms with E-state index in [1.165, 1.54) is 0 Å². The molecule has 0 heterocycles. The number of nitriles is 1. The second-order valence-electron chi connectivity index (χ2n) is 2.69. The number of fused-ring (bicyclic) bond motifs is 1. The number of allylic oxidation sites excluding steroid dienone is 1. The Morgan fingerprint density at radius 2 is 2.22 bits per heavy atom. The maximum atomic E-state index is 9.10. The Morgan fingerprint density at radius 1 is 1.44 bits per heavy atom. The molecule has 0 amide bonds. The second kappa shape index (κ2) is 1.37. The van der Waals surface area contributed by atoms with Crippen molar-refractivity contribution in [2.24, 2.45) is 17.8 Å². The smallest absolute Gasteiger partial charge is 0.0768 e. The summed E-state index contributed by atoms with van der Waals surface area (Å²) in [6.07, 6.45) is 3.39. The lowest BCUT2D eigenvalue weighted by atomic mass is 10.2. The van der Waals surface area contributed by atoms with E-state index in [2.05, 4.69) is 6.07 Å². The Bertz CT molecular complexity index is 203. The summed E-state index contributed by atoms with van der Waals surface area (Å²) < 4.78 is 0. The van der Waals surface area contributed by atoms with E-state index in [4.69, 9.17) is 10.4 Å². The number of aliphatic hydroxyl groups excluding tert-OH is 1. The first kappa shape index (κ1) is 5.01. The summed E-state index contributed by atoms with van der Waals surface area (Å²) in [5, 5.41) is 17.5. The summed E-state index contributed by atoms with van der Waals surface area (Å²) in [6.45, 7) is 0. The van der Waals surface area contributed by atoms with Gasteiger partial charge in [-0.2, -0.15) is 5.26 Å². The van der Waals surface area contributed by atoms with Gasteiger partial charge >= 0.3 is 0 Å². The average Bonchev–Trinajstić information content (AvgIpc) is 2.46. The van der Waals surface area contributed by atoms with Crippen LogP contribution in [0.4, 0.5) is 0 Å². The van der Waals surface area contributed by atoms with Crippen LogP contribution in [0.3, 0.4) is 0 Å². The summed E-state index contributed by atoms with van der Waals surface area (Å²) in [5.74, 6) is 0.741. The molecule has 0 aromatic rings. The highest BCUT2D eigenvalue weighted by atomic mass is 16.3. The van der Waals surface area contributed by atoms with Crippen molar-refractivity contribution >= 4 is 0 Å². The summed E-state index contributed by atoms with van der Waals surface area (Å²) in [6, 6.07) is 2.16. The molecule has 46 valence electrons. The van der Waals surface area contributed by atoms with Crippen LogP contribution in [-0.2, 0) is 0 Å². The molecule has 2 aliphatic carbocycles. The highest BCUT2D eigenvalue weighted by Crippen LogP contribution is 2.53. The van der Waals surface area contributed by atoms with Crippen molar-refractivity contribution in [1.82, 2.24) is 0 Å². The molecule has 2 aliphatic rings. The molecule has 1 saturated carbocycles. The Kier molecular flexibility index (Phi) is 0.762. The molecule has 0 aromatic heterocycles. The van der Waals surface area contributed by atoms with Gasteiger partial charge in [-0.25, -0.2) is 0 Å². The van der Waals surface area contributed by atoms with Gasteiger partial charge in [-0.15, -0.1) is 0 Å². The van der Waals surface area contributed by atoms with E-state index < -0.39 is 0 Å². The SMILES string of the molecule is N#C[C@@H]1[C@@H]2C=C[C@@H](O)[C@H]12. The summed E-state index contributed by atoms with van der Waals surface area (Å²) in [4.78, 5) is 0. The Labute approximate surface area is 53.4 Å². The Morgan fingerprint density at radius 3 is 2.56 bits per heavy atom. The predicted molar refractivity (Wildman–Crippen MR) is 31.2 cm³/mol. The van der Waals surface area contributed by atoms with E-state index in [0.29, 0.717) is 5.92 Å². The van der Waals surface area contributed by atoms with Gasteiger partial charge in [0.05, 0.1) is 18.1 Å². The molecular formula is C7H7NO. The van der Waals surface area contributed by atoms with Crippen LogP contribution in [0.1, 0.15) is 0 Å². The van der Waals surface area contributed by atoms with Crippen molar-refractivity contribution in [3.8, 4) is 6.07 Å². The molecule has 9 heavy (non-hydrogen) atoms. The third-order valence-electron chi connectivity index (χ3n) is 2.21. The number of aliphatic hydroxyl groups is 1. The van der Waals surface area contributed by atoms with E-state index >= 15 is 0 Å². The molecule has 1 fully saturated rings. The number of nitrogens with zero attached hydrogens (tertiary/aromatic N) is 1. The summed E-state index contributed by atoms with van der Waals surface area (Å²) >= 11 is 0. The molecule has 0 bridgehead atoms. The lowest BCUT2D eigenvalue weighted by Crippen LogP contribution is -2.03. The van der Waals surface area contributed by atoms with Crippen LogP contribution in [0.15, 0.2) is 12.2 Å². The monoisotopic (exact) mass is 121 g/mol. The molecular weight excluding hydrogens is 114 g/mol. The van der Waals surface area contributed by atoms with Gasteiger partial charge in [-0.3, -0.25) is 0 Å². The van der Waals surface area contributed by atoms with Gasteiger partial charge in [0.15, 0.2) is 0 Å². The van der Waals surface area contributed by atoms with Crippen molar-refractivity contribution < 1.29 is 5.11 Å². The van der Waals surface area contributed by atoms with Crippen LogP contribution in [0, 0.1) is 29.1 Å². The van der Waals surface area contributed by atoms with Gasteiger partial charge in [-0.1, -0.05) is 12.2 Å². The van der Waals surface area contributed by atoms with Crippen LogP contribution < -0.4 is 0 Å². The Hall–Kier alpha value is -0.810. The maximum absolute atomic E-state index is 9.10. The normalized spacial score (nSPS) is 52.4. The van der Waals surface area contributed by atoms with Crippen LogP contribution in [0.25, 0.3) is 0 Å². The molecule has 2 rings (SSSR count). The zero-order valence-electron chi connectivity index (χ0n) is 4.86. The molecule has 0 aromatic carbocycles. The zero-order chi connectivity index (χ0) is 6.43. The van der Waals surface area contributed by atoms with E-state index in [-0.39, 0.29) is 17.9 Å². The number of hydrogen-bond acceptors (Lipinski definition) is 2. The molecule has 1 N–H and O–H groups in total. The quantitative estimate of drug-likeness (QED) is 0.468. The van der Waals surface area contributed by atoms with Crippen molar-refractivity contribution in [2.45, 2.75) is 6.10 Å². The van der Waals surface area contributed by atoms with Crippen molar-refractivity contribution in [2.75, 3.05) is 0 Å². The molecule has 0 radical (unpaired) electrons. The van der Waals surface area contributed by atoms with Gasteiger partial charge in [0, 0.05) is 5.92 Å². The third kappa shape index (κ3) is 0.475. The minimum atomic E-state index is -0.334. The van der Waals surface area contributed by atoms with Gasteiger partial charge in [0.2, 0.25) is 0 Å². The molecule has 2 heteroatoms. The summed E-state index contributed by atoms with van der Waals surface area (Å²) in [5.41, 5.74) is 0. The first-order valence-corrected chi connectivity index (χ1v) is 3.10. The summed E-state index contributed by atoms with van der Waals surface area (Å²) in [7, 11) is 0. The van der Waals surface area contributed by atoms with E-state index in [0.717, 1.165) is 0 Å². The molecule has 0 saturated heterocycles. The number of hydrogen-bond donors (Lipinski definition) is 1. The molecule has 2 nitrogen and oxygen atoms in total. The minimum Gasteiger partial charge on any atom is -0.389 e. The van der Waals surface area contributed by atoms with Crippen LogP contribution in [-0.4, -0.2) is 11.2 Å². The fourth-order valence-electron chi connectivity index (χ4n) is 1.59. The molecule has 4 atom stereocenters. The number of rotatable bonds is 0. The average molecular weight is 121 g/mol. The third-order valence-corrected chi connectivity index (χ3v) is 2.21. The van der Waals surface area contributed by atoms with Gasteiger partial charge in [-0.05, 0) is 5.92 Å². The minimum absolute atomic E-state index is 0.116. The van der Waals surface area contributed by atoms with E-state index in [9.17, 15) is 0 Å². The van der Waals surface area contributed by atoms with Crippen molar-refractivity contribution in [3.63, 3.8) is 0 Å². The van der Waals surface area contributed by atoms with Gasteiger partial charge < -0.3 is 5.11 Å². The van der Waals surface area contributed by atoms with Crippen LogP contribution in [0.2, 0.25) is 0 Å². The van der Waals surface area contributed by atoms with E-state index in [1.807, 2.05) is 6.08 Å². The topological polar surface area (TPSA) is 44.0 Å². The van der Waals surface area contributed by atoms with Crippen LogP contribution in [0.5, 0.6) is 0 Å². The van der Waals surface area contributed by atoms with Gasteiger partial charge in [0.25, 0.3) is 0 Å². The molecule has 0 unspecified atom stereocenters. The van der Waals surface area contributed by atoms with Crippen molar-refractivity contribution in [3.05, 3.63) is 12.2 Å². The predicted octanol–water partition coefficient (Wildman–Crippen LogP) is 0.303. The molecule has 0 aliphatic heterocycles. The van der Waals surface area contributed by atoms with Crippen molar-refractivity contribution in [1.29, 1.82) is 5.26 Å². The fourth-order valence-corrected chi connectivity index (χ4v) is 1.59. The first-order valence-electron chi connectivity index (χ1n) is 3.10. The van der Waals surface area contributed by atoms with Gasteiger partial charge in [0.1, 0.15) is 0 Å². The first-order chi connectivity index (χ1) is 4.34. The largest absolute Gasteiger partial charge is 0.389 e. The lowest BCUT2D eigenvalue weighted by molar-refractivity contribution is 0.199.